The Kier molecular flexibility index (Phi) is 5.81. The van der Waals surface area contributed by atoms with Crippen molar-refractivity contribution in [2.45, 2.75) is 0 Å². The molecule has 0 heterocycles. The molecule has 6 heteroatoms. The predicted octanol–water partition coefficient (Wildman–Crippen LogP) is 1.97. The summed E-state index contributed by atoms with van der Waals surface area (Å²) in [6.07, 6.45) is 0. The van der Waals surface area contributed by atoms with E-state index in [1.165, 1.54) is 0 Å². The zero-order valence-corrected chi connectivity index (χ0v) is 13.1. The number of hydrogen-bond donors (Lipinski definition) is 3. The normalized spacial score (nSPS) is 9.38. The third-order valence-electron chi connectivity index (χ3n) is 3.09. The molecule has 3 amide bonds. The van der Waals surface area contributed by atoms with Gasteiger partial charge in [-0.25, -0.2) is 4.79 Å². The van der Waals surface area contributed by atoms with Gasteiger partial charge in [0.1, 0.15) is 5.75 Å². The zero-order chi connectivity index (χ0) is 17.4. The van der Waals surface area contributed by atoms with E-state index in [1.807, 2.05) is 0 Å². The van der Waals surface area contributed by atoms with Gasteiger partial charge >= 0.3 is 6.03 Å². The molecule has 24 heavy (non-hydrogen) atoms. The summed E-state index contributed by atoms with van der Waals surface area (Å²) in [5, 5.41) is 5.32. The number of hydrogen-bond acceptors (Lipinski definition) is 3. The summed E-state index contributed by atoms with van der Waals surface area (Å²) in [6.45, 7) is 0.194. The van der Waals surface area contributed by atoms with Gasteiger partial charge in [-0.1, -0.05) is 11.8 Å². The first kappa shape index (κ1) is 16.9. The third kappa shape index (κ3) is 5.07. The largest absolute Gasteiger partial charge is 0.497 e. The van der Waals surface area contributed by atoms with Crippen molar-refractivity contribution in [1.82, 2.24) is 5.32 Å². The average molecular weight is 323 g/mol. The lowest BCUT2D eigenvalue weighted by molar-refractivity contribution is 0.100. The van der Waals surface area contributed by atoms with Crippen molar-refractivity contribution in [1.29, 1.82) is 0 Å². The monoisotopic (exact) mass is 323 g/mol. The molecule has 0 unspecified atom stereocenters. The van der Waals surface area contributed by atoms with Crippen molar-refractivity contribution in [3.63, 3.8) is 0 Å². The smallest absolute Gasteiger partial charge is 0.319 e. The lowest BCUT2D eigenvalue weighted by atomic mass is 10.1. The van der Waals surface area contributed by atoms with E-state index in [2.05, 4.69) is 22.5 Å². The standard InChI is InChI=1S/C18H17N3O3/c1-24-16-10-8-15(9-11-16)21-18(23)20-12-2-3-13-4-6-14(7-5-13)17(19)22/h4-11H,12H2,1H3,(H2,19,22)(H2,20,21,23). The van der Waals surface area contributed by atoms with Gasteiger partial charge in [0, 0.05) is 16.8 Å². The second-order valence-corrected chi connectivity index (χ2v) is 4.78. The number of anilines is 1. The number of carbonyl (C=O) groups is 2. The van der Waals surface area contributed by atoms with Gasteiger partial charge in [0.2, 0.25) is 5.91 Å². The fraction of sp³-hybridized carbons (Fsp3) is 0.111. The van der Waals surface area contributed by atoms with Crippen LogP contribution >= 0.6 is 0 Å². The van der Waals surface area contributed by atoms with E-state index >= 15 is 0 Å². The van der Waals surface area contributed by atoms with Crippen LogP contribution in [0.25, 0.3) is 0 Å². The number of carbonyl (C=O) groups excluding carboxylic acids is 2. The fourth-order valence-electron chi connectivity index (χ4n) is 1.84. The Morgan fingerprint density at radius 1 is 1.08 bits per heavy atom. The van der Waals surface area contributed by atoms with Gasteiger partial charge in [-0.15, -0.1) is 0 Å². The first-order valence-electron chi connectivity index (χ1n) is 7.16. The number of nitrogens with two attached hydrogens (primary N) is 1. The van der Waals surface area contributed by atoms with Crippen molar-refractivity contribution in [2.75, 3.05) is 19.0 Å². The van der Waals surface area contributed by atoms with Crippen LogP contribution in [0.3, 0.4) is 0 Å². The van der Waals surface area contributed by atoms with Gasteiger partial charge in [0.25, 0.3) is 0 Å². The summed E-state index contributed by atoms with van der Waals surface area (Å²) in [5.74, 6) is 5.95. The molecular formula is C18H17N3O3. The molecule has 0 bridgehead atoms. The Hall–Kier alpha value is -3.46. The molecule has 0 aromatic heterocycles. The summed E-state index contributed by atoms with van der Waals surface area (Å²) in [4.78, 5) is 22.7. The van der Waals surface area contributed by atoms with Gasteiger partial charge in [-0.2, -0.15) is 0 Å². The number of urea groups is 1. The zero-order valence-electron chi connectivity index (χ0n) is 13.1. The molecule has 122 valence electrons. The van der Waals surface area contributed by atoms with Gasteiger partial charge in [0.05, 0.1) is 13.7 Å². The highest BCUT2D eigenvalue weighted by atomic mass is 16.5. The number of primary amides is 1. The van der Waals surface area contributed by atoms with Crippen LogP contribution in [0.4, 0.5) is 10.5 Å². The highest BCUT2D eigenvalue weighted by Gasteiger charge is 2.00. The van der Waals surface area contributed by atoms with Crippen LogP contribution in [-0.2, 0) is 0 Å². The van der Waals surface area contributed by atoms with Gasteiger partial charge in [0.15, 0.2) is 0 Å². The predicted molar refractivity (Wildman–Crippen MR) is 91.9 cm³/mol. The lowest BCUT2D eigenvalue weighted by Gasteiger charge is -2.06. The summed E-state index contributed by atoms with van der Waals surface area (Å²) in [7, 11) is 1.58. The first-order valence-corrected chi connectivity index (χ1v) is 7.16. The highest BCUT2D eigenvalue weighted by molar-refractivity contribution is 5.92. The number of methoxy groups -OCH3 is 1. The molecule has 0 radical (unpaired) electrons. The minimum Gasteiger partial charge on any atom is -0.497 e. The minimum absolute atomic E-state index is 0.194. The van der Waals surface area contributed by atoms with Crippen molar-refractivity contribution in [3.8, 4) is 17.6 Å². The molecule has 6 nitrogen and oxygen atoms in total. The van der Waals surface area contributed by atoms with E-state index in [0.29, 0.717) is 17.0 Å². The molecule has 0 saturated heterocycles. The summed E-state index contributed by atoms with van der Waals surface area (Å²) >= 11 is 0. The van der Waals surface area contributed by atoms with Crippen LogP contribution in [0.1, 0.15) is 15.9 Å². The van der Waals surface area contributed by atoms with Crippen LogP contribution < -0.4 is 21.1 Å². The molecule has 0 saturated carbocycles. The van der Waals surface area contributed by atoms with E-state index in [0.717, 1.165) is 5.56 Å². The molecule has 2 aromatic rings. The molecule has 0 spiro atoms. The van der Waals surface area contributed by atoms with Gasteiger partial charge in [-0.05, 0) is 48.5 Å². The Morgan fingerprint density at radius 3 is 2.33 bits per heavy atom. The fourth-order valence-corrected chi connectivity index (χ4v) is 1.84. The van der Waals surface area contributed by atoms with Crippen LogP contribution in [0, 0.1) is 11.8 Å². The van der Waals surface area contributed by atoms with Gasteiger partial charge < -0.3 is 21.1 Å². The molecule has 0 atom stereocenters. The summed E-state index contributed by atoms with van der Waals surface area (Å²) in [5.41, 5.74) is 6.98. The average Bonchev–Trinajstić information content (AvgIpc) is 2.60. The van der Waals surface area contributed by atoms with Crippen LogP contribution in [-0.4, -0.2) is 25.6 Å². The van der Waals surface area contributed by atoms with Crippen molar-refractivity contribution in [2.24, 2.45) is 5.73 Å². The molecular weight excluding hydrogens is 306 g/mol. The first-order chi connectivity index (χ1) is 11.6. The van der Waals surface area contributed by atoms with Crippen molar-refractivity contribution in [3.05, 3.63) is 59.7 Å². The second-order valence-electron chi connectivity index (χ2n) is 4.78. The van der Waals surface area contributed by atoms with Crippen LogP contribution in [0.5, 0.6) is 5.75 Å². The SMILES string of the molecule is COc1ccc(NC(=O)NCC#Cc2ccc(C(N)=O)cc2)cc1. The maximum absolute atomic E-state index is 11.7. The topological polar surface area (TPSA) is 93.4 Å². The molecule has 2 rings (SSSR count). The molecule has 0 fully saturated rings. The van der Waals surface area contributed by atoms with Gasteiger partial charge in [-0.3, -0.25) is 4.79 Å². The van der Waals surface area contributed by atoms with Crippen LogP contribution in [0.15, 0.2) is 48.5 Å². The summed E-state index contributed by atoms with van der Waals surface area (Å²) in [6, 6.07) is 13.3. The van der Waals surface area contributed by atoms with E-state index in [-0.39, 0.29) is 12.6 Å². The van der Waals surface area contributed by atoms with E-state index in [4.69, 9.17) is 10.5 Å². The Morgan fingerprint density at radius 2 is 1.75 bits per heavy atom. The Labute approximate surface area is 140 Å². The summed E-state index contributed by atoms with van der Waals surface area (Å²) < 4.78 is 5.04. The maximum Gasteiger partial charge on any atom is 0.319 e. The van der Waals surface area contributed by atoms with E-state index < -0.39 is 5.91 Å². The minimum atomic E-state index is -0.480. The molecule has 0 aliphatic rings. The number of nitrogens with one attached hydrogen (secondary N) is 2. The Bertz CT molecular complexity index is 772. The molecule has 0 aliphatic heterocycles. The molecule has 4 N–H and O–H groups in total. The van der Waals surface area contributed by atoms with Crippen LogP contribution in [0.2, 0.25) is 0 Å². The van der Waals surface area contributed by atoms with Crippen molar-refractivity contribution < 1.29 is 14.3 Å². The second kappa shape index (κ2) is 8.25. The molecule has 0 aliphatic carbocycles. The number of rotatable bonds is 4. The van der Waals surface area contributed by atoms with Crippen molar-refractivity contribution >= 4 is 17.6 Å². The number of benzene rings is 2. The molecule has 2 aromatic carbocycles. The lowest BCUT2D eigenvalue weighted by Crippen LogP contribution is -2.28. The highest BCUT2D eigenvalue weighted by Crippen LogP contribution is 2.14. The number of amides is 3. The number of ether oxygens (including phenoxy) is 1. The third-order valence-corrected chi connectivity index (χ3v) is 3.09. The Balaban J connectivity index is 1.81. The van der Waals surface area contributed by atoms with E-state index in [1.54, 1.807) is 55.6 Å². The van der Waals surface area contributed by atoms with E-state index in [9.17, 15) is 9.59 Å². The maximum atomic E-state index is 11.7. The quantitative estimate of drug-likeness (QED) is 0.751.